The van der Waals surface area contributed by atoms with Crippen molar-refractivity contribution >= 4 is 22.5 Å². The molecule has 1 aliphatic rings. The minimum atomic E-state index is 0.369. The van der Waals surface area contributed by atoms with E-state index in [2.05, 4.69) is 42.5 Å². The van der Waals surface area contributed by atoms with Crippen molar-refractivity contribution in [2.45, 2.75) is 23.7 Å². The third-order valence-electron chi connectivity index (χ3n) is 5.17. The number of rotatable bonds is 3. The van der Waals surface area contributed by atoms with Crippen LogP contribution < -0.4 is 4.74 Å². The molecule has 0 aliphatic heterocycles. The van der Waals surface area contributed by atoms with Crippen molar-refractivity contribution in [2.75, 3.05) is 13.4 Å². The van der Waals surface area contributed by atoms with Crippen molar-refractivity contribution in [3.05, 3.63) is 70.8 Å². The summed E-state index contributed by atoms with van der Waals surface area (Å²) in [7, 11) is 1.69. The summed E-state index contributed by atoms with van der Waals surface area (Å²) in [6.45, 7) is 0. The Labute approximate surface area is 152 Å². The second-order valence-electron chi connectivity index (χ2n) is 6.36. The molecule has 0 saturated carbocycles. The first-order valence-corrected chi connectivity index (χ1v) is 9.65. The Hall–Kier alpha value is -2.44. The Kier molecular flexibility index (Phi) is 4.15. The largest absolute Gasteiger partial charge is 0.497 e. The number of hydrogen-bond donors (Lipinski definition) is 0. The third kappa shape index (κ3) is 2.58. The molecule has 1 aliphatic carbocycles. The van der Waals surface area contributed by atoms with Crippen LogP contribution in [0.4, 0.5) is 0 Å². The fourth-order valence-corrected chi connectivity index (χ4v) is 4.59. The number of ether oxygens (including phenoxy) is 1. The fourth-order valence-electron chi connectivity index (χ4n) is 3.97. The van der Waals surface area contributed by atoms with Gasteiger partial charge in [-0.15, -0.1) is 11.8 Å². The van der Waals surface area contributed by atoms with E-state index >= 15 is 0 Å². The number of benzene rings is 3. The number of hydrogen-bond acceptors (Lipinski definition) is 3. The van der Waals surface area contributed by atoms with Crippen LogP contribution in [0.15, 0.2) is 53.4 Å². The Morgan fingerprint density at radius 2 is 1.96 bits per heavy atom. The molecule has 0 heterocycles. The van der Waals surface area contributed by atoms with Crippen LogP contribution in [-0.4, -0.2) is 13.4 Å². The van der Waals surface area contributed by atoms with E-state index in [1.54, 1.807) is 18.9 Å². The summed E-state index contributed by atoms with van der Waals surface area (Å²) < 4.78 is 5.29. The van der Waals surface area contributed by atoms with E-state index in [4.69, 9.17) is 4.74 Å². The molecule has 3 heteroatoms. The van der Waals surface area contributed by atoms with Gasteiger partial charge in [-0.05, 0) is 59.4 Å². The van der Waals surface area contributed by atoms with Crippen LogP contribution in [0, 0.1) is 11.3 Å². The van der Waals surface area contributed by atoms with E-state index in [9.17, 15) is 5.26 Å². The van der Waals surface area contributed by atoms with Gasteiger partial charge in [0.15, 0.2) is 0 Å². The predicted octanol–water partition coefficient (Wildman–Crippen LogP) is 5.52. The van der Waals surface area contributed by atoms with Gasteiger partial charge in [-0.3, -0.25) is 0 Å². The minimum Gasteiger partial charge on any atom is -0.497 e. The molecule has 0 fully saturated rings. The van der Waals surface area contributed by atoms with Crippen molar-refractivity contribution < 1.29 is 4.74 Å². The van der Waals surface area contributed by atoms with Crippen LogP contribution in [-0.2, 0) is 6.42 Å². The lowest BCUT2D eigenvalue weighted by atomic mass is 9.77. The van der Waals surface area contributed by atoms with Crippen LogP contribution >= 0.6 is 11.8 Å². The molecule has 4 rings (SSSR count). The molecule has 1 atom stereocenters. The Balaban J connectivity index is 1.93. The summed E-state index contributed by atoms with van der Waals surface area (Å²) in [5, 5.41) is 12.1. The topological polar surface area (TPSA) is 33.0 Å². The summed E-state index contributed by atoms with van der Waals surface area (Å²) in [6, 6.07) is 19.4. The van der Waals surface area contributed by atoms with Crippen molar-refractivity contribution in [3.8, 4) is 11.8 Å². The molecule has 0 bridgehead atoms. The van der Waals surface area contributed by atoms with Crippen LogP contribution in [0.2, 0.25) is 0 Å². The standard InChI is InChI=1S/C22H19NOS/c1-24-16-9-6-14(7-10-16)17-11-8-15-12-21(25-2)20(13-23)19-5-3-4-18(17)22(15)19/h3-7,9-10,12,17H,8,11H2,1-2H3. The van der Waals surface area contributed by atoms with Gasteiger partial charge >= 0.3 is 0 Å². The summed E-state index contributed by atoms with van der Waals surface area (Å²) in [5.74, 6) is 1.25. The third-order valence-corrected chi connectivity index (χ3v) is 5.93. The number of thioether (sulfide) groups is 1. The summed E-state index contributed by atoms with van der Waals surface area (Å²) in [5.41, 5.74) is 4.83. The van der Waals surface area contributed by atoms with Crippen molar-refractivity contribution in [1.29, 1.82) is 5.26 Å². The molecule has 0 N–H and O–H groups in total. The van der Waals surface area contributed by atoms with Crippen molar-refractivity contribution in [2.24, 2.45) is 0 Å². The molecular formula is C22H19NOS. The molecule has 25 heavy (non-hydrogen) atoms. The van der Waals surface area contributed by atoms with E-state index in [1.165, 1.54) is 22.1 Å². The quantitative estimate of drug-likeness (QED) is 0.586. The first-order chi connectivity index (χ1) is 12.3. The highest BCUT2D eigenvalue weighted by Gasteiger charge is 2.25. The Morgan fingerprint density at radius 3 is 2.64 bits per heavy atom. The maximum absolute atomic E-state index is 9.68. The molecule has 2 nitrogen and oxygen atoms in total. The average Bonchev–Trinajstić information content (AvgIpc) is 2.68. The zero-order chi connectivity index (χ0) is 17.4. The van der Waals surface area contributed by atoms with Crippen molar-refractivity contribution in [3.63, 3.8) is 0 Å². The minimum absolute atomic E-state index is 0.369. The lowest BCUT2D eigenvalue weighted by Gasteiger charge is -2.27. The average molecular weight is 345 g/mol. The second kappa shape index (κ2) is 6.46. The fraction of sp³-hybridized carbons (Fsp3) is 0.227. The Morgan fingerprint density at radius 1 is 1.16 bits per heavy atom. The highest BCUT2D eigenvalue weighted by Crippen LogP contribution is 2.43. The van der Waals surface area contributed by atoms with E-state index in [0.717, 1.165) is 34.4 Å². The molecular weight excluding hydrogens is 326 g/mol. The first kappa shape index (κ1) is 16.1. The van der Waals surface area contributed by atoms with Crippen molar-refractivity contribution in [1.82, 2.24) is 0 Å². The van der Waals surface area contributed by atoms with Gasteiger partial charge < -0.3 is 4.74 Å². The van der Waals surface area contributed by atoms with E-state index in [-0.39, 0.29) is 0 Å². The summed E-state index contributed by atoms with van der Waals surface area (Å²) >= 11 is 1.66. The highest BCUT2D eigenvalue weighted by molar-refractivity contribution is 7.98. The lowest BCUT2D eigenvalue weighted by molar-refractivity contribution is 0.414. The van der Waals surface area contributed by atoms with Gasteiger partial charge in [-0.1, -0.05) is 30.3 Å². The van der Waals surface area contributed by atoms with Gasteiger partial charge in [-0.25, -0.2) is 0 Å². The van der Waals surface area contributed by atoms with Crippen LogP contribution in [0.5, 0.6) is 5.75 Å². The smallest absolute Gasteiger partial charge is 0.118 e. The van der Waals surface area contributed by atoms with Crippen LogP contribution in [0.1, 0.15) is 34.6 Å². The molecule has 124 valence electrons. The maximum atomic E-state index is 9.68. The van der Waals surface area contributed by atoms with Crippen LogP contribution in [0.3, 0.4) is 0 Å². The molecule has 1 unspecified atom stereocenters. The number of nitrogens with zero attached hydrogens (tertiary/aromatic N) is 1. The van der Waals surface area contributed by atoms with E-state index in [0.29, 0.717) is 5.92 Å². The monoisotopic (exact) mass is 345 g/mol. The summed E-state index contributed by atoms with van der Waals surface area (Å²) in [6.07, 6.45) is 4.18. The van der Waals surface area contributed by atoms with Gasteiger partial charge in [0.25, 0.3) is 0 Å². The molecule has 0 radical (unpaired) electrons. The molecule has 0 amide bonds. The van der Waals surface area contributed by atoms with Gasteiger partial charge in [0, 0.05) is 16.2 Å². The first-order valence-electron chi connectivity index (χ1n) is 8.43. The van der Waals surface area contributed by atoms with E-state index in [1.807, 2.05) is 18.4 Å². The maximum Gasteiger partial charge on any atom is 0.118 e. The van der Waals surface area contributed by atoms with Gasteiger partial charge in [-0.2, -0.15) is 5.26 Å². The zero-order valence-corrected chi connectivity index (χ0v) is 15.2. The molecule has 3 aromatic rings. The number of aryl methyl sites for hydroxylation is 1. The number of methoxy groups -OCH3 is 1. The molecule has 3 aromatic carbocycles. The predicted molar refractivity (Wildman–Crippen MR) is 104 cm³/mol. The van der Waals surface area contributed by atoms with E-state index < -0.39 is 0 Å². The SMILES string of the molecule is COc1ccc(C2CCc3cc(SC)c(C#N)c4cccc2c34)cc1. The highest BCUT2D eigenvalue weighted by atomic mass is 32.2. The zero-order valence-electron chi connectivity index (χ0n) is 14.4. The molecule has 0 saturated heterocycles. The van der Waals surface area contributed by atoms with Gasteiger partial charge in [0.2, 0.25) is 0 Å². The van der Waals surface area contributed by atoms with Gasteiger partial charge in [0.1, 0.15) is 11.8 Å². The number of nitriles is 1. The van der Waals surface area contributed by atoms with Gasteiger partial charge in [0.05, 0.1) is 12.7 Å². The summed E-state index contributed by atoms with van der Waals surface area (Å²) in [4.78, 5) is 1.09. The lowest BCUT2D eigenvalue weighted by Crippen LogP contribution is -2.11. The normalized spacial score (nSPS) is 15.8. The molecule has 0 aromatic heterocycles. The molecule has 0 spiro atoms. The Bertz CT molecular complexity index is 986. The second-order valence-corrected chi connectivity index (χ2v) is 7.21. The van der Waals surface area contributed by atoms with Crippen LogP contribution in [0.25, 0.3) is 10.8 Å².